The Bertz CT molecular complexity index is 2230. The van der Waals surface area contributed by atoms with Gasteiger partial charge in [-0.25, -0.2) is 14.5 Å². The quantitative estimate of drug-likeness (QED) is 0.280. The van der Waals surface area contributed by atoms with E-state index in [0.29, 0.717) is 69.3 Å². The Labute approximate surface area is 389 Å². The minimum Gasteiger partial charge on any atom is -0.491 e. The standard InChI is InChI=1S/C48H69N7O10S/c1-5-33-30-48(33,45(58)52-66(60,61)54-21-12-7-13-22-54)51-42(56)38-29-34-31-55(38)44(57)41(47(2,3)4)50-46(59)65-39-20-14-16-32(39)15-8-6-9-18-36-40(63-28-25-53-23-26-62-27-24-53)35-17-10-11-19-37(35)49-43(36)64-34/h5,10-11,17,19,32-34,38-39,41H,1,6-9,12-16,18,20-31H2,2-4H3,(H,50,59)(H,51,56)(H,52,58)/t32-,33-,34-,38+,39-,41-,48-/m1/s1. The number of aromatic nitrogens is 1. The number of rotatable bonds is 10. The van der Waals surface area contributed by atoms with Gasteiger partial charge in [-0.15, -0.1) is 6.58 Å². The van der Waals surface area contributed by atoms with Crippen LogP contribution in [-0.4, -0.2) is 140 Å². The van der Waals surface area contributed by atoms with Crippen molar-refractivity contribution in [1.29, 1.82) is 0 Å². The average Bonchev–Trinajstić information content (AvgIpc) is 3.57. The van der Waals surface area contributed by atoms with Gasteiger partial charge in [0.05, 0.1) is 30.8 Å². The van der Waals surface area contributed by atoms with E-state index in [1.165, 1.54) is 15.3 Å². The number of fused-ring (bicyclic) bond motifs is 5. The second-order valence-electron chi connectivity index (χ2n) is 20.1. The highest BCUT2D eigenvalue weighted by atomic mass is 32.2. The Hall–Kier alpha value is -4.52. The molecule has 6 aliphatic rings. The van der Waals surface area contributed by atoms with E-state index in [4.69, 9.17) is 23.9 Å². The summed E-state index contributed by atoms with van der Waals surface area (Å²) in [5.41, 5.74) is -0.923. The van der Waals surface area contributed by atoms with Crippen molar-refractivity contribution < 1.29 is 46.5 Å². The molecule has 0 unspecified atom stereocenters. The molecule has 8 rings (SSSR count). The number of amides is 4. The summed E-state index contributed by atoms with van der Waals surface area (Å²) >= 11 is 0. The molecule has 3 N–H and O–H groups in total. The van der Waals surface area contributed by atoms with E-state index in [9.17, 15) is 22.8 Å². The molecule has 3 saturated heterocycles. The fourth-order valence-corrected chi connectivity index (χ4v) is 11.8. The highest BCUT2D eigenvalue weighted by Crippen LogP contribution is 2.46. The van der Waals surface area contributed by atoms with Crippen LogP contribution in [0.4, 0.5) is 4.79 Å². The number of nitrogens with one attached hydrogen (secondary N) is 3. The molecule has 7 atom stereocenters. The minimum atomic E-state index is -4.18. The highest BCUT2D eigenvalue weighted by molar-refractivity contribution is 7.87. The number of nitrogens with zero attached hydrogens (tertiary/aromatic N) is 4. The largest absolute Gasteiger partial charge is 0.491 e. The normalized spacial score (nSPS) is 29.5. The Morgan fingerprint density at radius 1 is 0.985 bits per heavy atom. The van der Waals surface area contributed by atoms with Gasteiger partial charge in [0.15, 0.2) is 0 Å². The number of benzene rings is 1. The number of piperidine rings is 1. The molecule has 2 aliphatic carbocycles. The van der Waals surface area contributed by atoms with Crippen LogP contribution in [0.15, 0.2) is 36.9 Å². The van der Waals surface area contributed by atoms with Crippen LogP contribution >= 0.6 is 0 Å². The molecule has 18 heteroatoms. The molecule has 5 heterocycles. The van der Waals surface area contributed by atoms with Gasteiger partial charge in [-0.3, -0.25) is 19.3 Å². The maximum absolute atomic E-state index is 15.0. The van der Waals surface area contributed by atoms with Crippen molar-refractivity contribution in [3.63, 3.8) is 0 Å². The summed E-state index contributed by atoms with van der Waals surface area (Å²) in [4.78, 5) is 66.4. The Morgan fingerprint density at radius 3 is 2.47 bits per heavy atom. The summed E-state index contributed by atoms with van der Waals surface area (Å²) in [5, 5.41) is 6.65. The number of para-hydroxylation sites is 1. The second kappa shape index (κ2) is 20.4. The van der Waals surface area contributed by atoms with Gasteiger partial charge >= 0.3 is 16.3 Å². The average molecular weight is 936 g/mol. The monoisotopic (exact) mass is 935 g/mol. The second-order valence-corrected chi connectivity index (χ2v) is 21.8. The first-order chi connectivity index (χ1) is 31.7. The predicted octanol–water partition coefficient (Wildman–Crippen LogP) is 4.63. The van der Waals surface area contributed by atoms with Gasteiger partial charge < -0.3 is 34.5 Å². The lowest BCUT2D eigenvalue weighted by molar-refractivity contribution is -0.143. The third-order valence-electron chi connectivity index (χ3n) is 14.4. The van der Waals surface area contributed by atoms with Crippen molar-refractivity contribution in [2.75, 3.05) is 59.1 Å². The molecule has 4 amide bonds. The van der Waals surface area contributed by atoms with Crippen LogP contribution < -0.4 is 24.8 Å². The van der Waals surface area contributed by atoms with Crippen LogP contribution in [0.3, 0.4) is 0 Å². The Kier molecular flexibility index (Phi) is 14.8. The zero-order valence-corrected chi connectivity index (χ0v) is 39.7. The van der Waals surface area contributed by atoms with E-state index in [0.717, 1.165) is 82.0 Å². The van der Waals surface area contributed by atoms with E-state index in [1.54, 1.807) is 0 Å². The van der Waals surface area contributed by atoms with Gasteiger partial charge in [0.2, 0.25) is 17.7 Å². The molecule has 1 aromatic heterocycles. The van der Waals surface area contributed by atoms with E-state index < -0.39 is 69.1 Å². The molecular weight excluding hydrogens is 867 g/mol. The fourth-order valence-electron chi connectivity index (χ4n) is 10.5. The van der Waals surface area contributed by atoms with E-state index in [2.05, 4.69) is 26.8 Å². The summed E-state index contributed by atoms with van der Waals surface area (Å²) in [6, 6.07) is 5.53. The number of carbonyl (C=O) groups is 4. The Morgan fingerprint density at radius 2 is 1.73 bits per heavy atom. The number of morpholine rings is 1. The molecule has 1 aromatic carbocycles. The predicted molar refractivity (Wildman–Crippen MR) is 247 cm³/mol. The van der Waals surface area contributed by atoms with Crippen molar-refractivity contribution in [1.82, 2.24) is 34.4 Å². The van der Waals surface area contributed by atoms with Crippen molar-refractivity contribution >= 4 is 44.9 Å². The van der Waals surface area contributed by atoms with Crippen LogP contribution in [0.2, 0.25) is 0 Å². The van der Waals surface area contributed by atoms with Crippen molar-refractivity contribution in [3.05, 3.63) is 42.5 Å². The summed E-state index contributed by atoms with van der Waals surface area (Å²) in [7, 11) is -4.18. The molecule has 2 bridgehead atoms. The number of carbonyl (C=O) groups excluding carboxylic acids is 4. The summed E-state index contributed by atoms with van der Waals surface area (Å²) < 4.78 is 55.6. The van der Waals surface area contributed by atoms with Gasteiger partial charge in [-0.05, 0) is 81.3 Å². The lowest BCUT2D eigenvalue weighted by Gasteiger charge is -2.35. The molecular formula is C48H69N7O10S. The highest BCUT2D eigenvalue weighted by Gasteiger charge is 2.62. The summed E-state index contributed by atoms with van der Waals surface area (Å²) in [6.45, 7) is 14.1. The van der Waals surface area contributed by atoms with Crippen LogP contribution in [0.25, 0.3) is 10.9 Å². The lowest BCUT2D eigenvalue weighted by Crippen LogP contribution is -2.60. The third-order valence-corrected chi connectivity index (χ3v) is 15.9. The van der Waals surface area contributed by atoms with Crippen molar-refractivity contribution in [2.24, 2.45) is 17.3 Å². The molecule has 17 nitrogen and oxygen atoms in total. The fraction of sp³-hybridized carbons (Fsp3) is 0.688. The van der Waals surface area contributed by atoms with Crippen molar-refractivity contribution in [2.45, 2.75) is 134 Å². The van der Waals surface area contributed by atoms with Gasteiger partial charge in [0, 0.05) is 50.4 Å². The van der Waals surface area contributed by atoms with Gasteiger partial charge in [0.25, 0.3) is 5.91 Å². The topological polar surface area (TPSA) is 198 Å². The van der Waals surface area contributed by atoms with Crippen LogP contribution in [-0.2, 0) is 40.5 Å². The molecule has 0 radical (unpaired) electrons. The van der Waals surface area contributed by atoms with Gasteiger partial charge in [0.1, 0.15) is 42.2 Å². The first kappa shape index (κ1) is 48.0. The minimum absolute atomic E-state index is 0.0202. The van der Waals surface area contributed by atoms with Crippen LogP contribution in [0.5, 0.6) is 11.6 Å². The maximum atomic E-state index is 15.0. The number of alkyl carbamates (subject to hydrolysis) is 1. The molecule has 362 valence electrons. The smallest absolute Gasteiger partial charge is 0.408 e. The molecule has 2 aromatic rings. The van der Waals surface area contributed by atoms with Gasteiger partial charge in [-0.1, -0.05) is 58.2 Å². The van der Waals surface area contributed by atoms with E-state index in [1.807, 2.05) is 45.0 Å². The van der Waals surface area contributed by atoms with Crippen LogP contribution in [0, 0.1) is 17.3 Å². The first-order valence-corrected chi connectivity index (χ1v) is 25.7. The van der Waals surface area contributed by atoms with E-state index >= 15 is 4.79 Å². The SMILES string of the molecule is C=C[C@@H]1C[C@]1(NC(=O)[C@@H]1C[C@@H]2CN1C(=O)[C@H](C(C)(C)C)NC(=O)O[C@@H]1CCC[C@H]1CCCCCc1c(nc3ccccc3c1OCCN1CCOCC1)O2)C(=O)NS(=O)(=O)N1CCCCC1. The van der Waals surface area contributed by atoms with Crippen LogP contribution in [0.1, 0.15) is 103 Å². The summed E-state index contributed by atoms with van der Waals surface area (Å²) in [5.74, 6) is -1.31. The molecule has 0 spiro atoms. The maximum Gasteiger partial charge on any atom is 0.408 e. The van der Waals surface area contributed by atoms with Gasteiger partial charge in [-0.2, -0.15) is 12.7 Å². The lowest BCUT2D eigenvalue weighted by atomic mass is 9.85. The zero-order valence-electron chi connectivity index (χ0n) is 38.9. The number of pyridine rings is 1. The molecule has 66 heavy (non-hydrogen) atoms. The van der Waals surface area contributed by atoms with Crippen molar-refractivity contribution in [3.8, 4) is 11.6 Å². The van der Waals surface area contributed by atoms with E-state index in [-0.39, 0.29) is 31.4 Å². The number of ether oxygens (including phenoxy) is 4. The number of hydrogen-bond donors (Lipinski definition) is 3. The molecule has 4 aliphatic heterocycles. The zero-order chi connectivity index (χ0) is 46.6. The molecule has 5 fully saturated rings. The third kappa shape index (κ3) is 10.8. The Balaban J connectivity index is 1.13. The summed E-state index contributed by atoms with van der Waals surface area (Å²) in [6.07, 6.45) is 9.10. The molecule has 2 saturated carbocycles. The number of hydrogen-bond acceptors (Lipinski definition) is 12. The first-order valence-electron chi connectivity index (χ1n) is 24.2.